The van der Waals surface area contributed by atoms with Crippen LogP contribution in [0.5, 0.6) is 0 Å². The van der Waals surface area contributed by atoms with Crippen molar-refractivity contribution in [3.05, 3.63) is 47.3 Å². The molecule has 92 valence electrons. The van der Waals surface area contributed by atoms with E-state index >= 15 is 0 Å². The predicted molar refractivity (Wildman–Crippen MR) is 84.6 cm³/mol. The van der Waals surface area contributed by atoms with Gasteiger partial charge in [0.1, 0.15) is 5.82 Å². The molecule has 0 aliphatic carbocycles. The highest BCUT2D eigenvalue weighted by Gasteiger charge is 2.12. The molecular formula is C14H9Br2FS. The number of alkyl halides is 2. The Labute approximate surface area is 125 Å². The molecule has 18 heavy (non-hydrogen) atoms. The quantitative estimate of drug-likeness (QED) is 0.474. The van der Waals surface area contributed by atoms with Crippen LogP contribution in [0.1, 0.15) is 11.1 Å². The lowest BCUT2D eigenvalue weighted by atomic mass is 10.1. The second kappa shape index (κ2) is 4.91. The molecule has 3 rings (SSSR count). The van der Waals surface area contributed by atoms with Crippen LogP contribution in [0, 0.1) is 5.82 Å². The minimum Gasteiger partial charge on any atom is -0.207 e. The van der Waals surface area contributed by atoms with Gasteiger partial charge in [0, 0.05) is 30.8 Å². The third-order valence-electron chi connectivity index (χ3n) is 3.01. The van der Waals surface area contributed by atoms with Crippen molar-refractivity contribution >= 4 is 63.4 Å². The molecule has 2 aromatic carbocycles. The van der Waals surface area contributed by atoms with Gasteiger partial charge in [-0.1, -0.05) is 50.1 Å². The van der Waals surface area contributed by atoms with Crippen LogP contribution in [0.3, 0.4) is 0 Å². The third kappa shape index (κ3) is 1.91. The molecule has 0 saturated heterocycles. The van der Waals surface area contributed by atoms with Crippen LogP contribution < -0.4 is 0 Å². The highest BCUT2D eigenvalue weighted by atomic mass is 79.9. The van der Waals surface area contributed by atoms with E-state index in [4.69, 9.17) is 0 Å². The summed E-state index contributed by atoms with van der Waals surface area (Å²) in [5, 5.41) is 3.67. The topological polar surface area (TPSA) is 0 Å². The van der Waals surface area contributed by atoms with E-state index in [-0.39, 0.29) is 5.82 Å². The number of benzene rings is 2. The average Bonchev–Trinajstić information content (AvgIpc) is 2.76. The summed E-state index contributed by atoms with van der Waals surface area (Å²) in [7, 11) is 0. The van der Waals surface area contributed by atoms with Gasteiger partial charge in [-0.2, -0.15) is 0 Å². The molecule has 0 aliphatic rings. The number of rotatable bonds is 2. The monoisotopic (exact) mass is 386 g/mol. The Morgan fingerprint density at radius 2 is 1.67 bits per heavy atom. The molecule has 1 aromatic heterocycles. The van der Waals surface area contributed by atoms with Crippen LogP contribution >= 0.6 is 43.2 Å². The highest BCUT2D eigenvalue weighted by Crippen LogP contribution is 2.39. The van der Waals surface area contributed by atoms with Crippen molar-refractivity contribution in [3.63, 3.8) is 0 Å². The highest BCUT2D eigenvalue weighted by molar-refractivity contribution is 9.08. The largest absolute Gasteiger partial charge is 0.207 e. The maximum atomic E-state index is 13.6. The Balaban J connectivity index is 2.50. The maximum Gasteiger partial charge on any atom is 0.124 e. The zero-order chi connectivity index (χ0) is 12.7. The van der Waals surface area contributed by atoms with Gasteiger partial charge in [0.15, 0.2) is 0 Å². The van der Waals surface area contributed by atoms with Gasteiger partial charge in [-0.05, 0) is 23.3 Å². The standard InChI is InChI=1S/C14H9Br2FS/c15-6-8-2-1-3-11-12-5-10(17)4-9(7-16)14(12)18-13(8)11/h1-5H,6-7H2. The molecule has 0 N–H and O–H groups in total. The van der Waals surface area contributed by atoms with Crippen molar-refractivity contribution in [2.24, 2.45) is 0 Å². The molecule has 0 aliphatic heterocycles. The van der Waals surface area contributed by atoms with E-state index in [1.807, 2.05) is 6.07 Å². The summed E-state index contributed by atoms with van der Waals surface area (Å²) in [5.41, 5.74) is 2.28. The molecule has 4 heteroatoms. The van der Waals surface area contributed by atoms with Gasteiger partial charge >= 0.3 is 0 Å². The second-order valence-corrected chi connectivity index (χ2v) is 6.25. The summed E-state index contributed by atoms with van der Waals surface area (Å²) >= 11 is 8.69. The SMILES string of the molecule is Fc1cc(CBr)c2sc3c(CBr)cccc3c2c1. The van der Waals surface area contributed by atoms with Crippen molar-refractivity contribution < 1.29 is 4.39 Å². The second-order valence-electron chi connectivity index (χ2n) is 4.10. The molecule has 0 bridgehead atoms. The molecule has 0 nitrogen and oxygen atoms in total. The minimum atomic E-state index is -0.166. The van der Waals surface area contributed by atoms with Gasteiger partial charge < -0.3 is 0 Å². The van der Waals surface area contributed by atoms with Crippen LogP contribution in [-0.2, 0) is 10.7 Å². The zero-order valence-corrected chi connectivity index (χ0v) is 13.3. The Morgan fingerprint density at radius 1 is 0.944 bits per heavy atom. The maximum absolute atomic E-state index is 13.6. The molecule has 0 radical (unpaired) electrons. The Hall–Kier alpha value is -0.450. The smallest absolute Gasteiger partial charge is 0.124 e. The van der Waals surface area contributed by atoms with E-state index in [0.29, 0.717) is 5.33 Å². The van der Waals surface area contributed by atoms with Crippen molar-refractivity contribution in [1.82, 2.24) is 0 Å². The molecule has 0 spiro atoms. The summed E-state index contributed by atoms with van der Waals surface area (Å²) in [6, 6.07) is 9.46. The fraction of sp³-hybridized carbons (Fsp3) is 0.143. The van der Waals surface area contributed by atoms with Crippen LogP contribution in [0.4, 0.5) is 4.39 Å². The fourth-order valence-electron chi connectivity index (χ4n) is 2.19. The molecule has 0 unspecified atom stereocenters. The predicted octanol–water partition coefficient (Wildman–Crippen LogP) is 5.98. The van der Waals surface area contributed by atoms with Crippen LogP contribution in [0.25, 0.3) is 20.2 Å². The Bertz CT molecular complexity index is 733. The van der Waals surface area contributed by atoms with Gasteiger partial charge in [-0.25, -0.2) is 4.39 Å². The average molecular weight is 388 g/mol. The number of hydrogen-bond acceptors (Lipinski definition) is 1. The first-order valence-corrected chi connectivity index (χ1v) is 8.55. The fourth-order valence-corrected chi connectivity index (χ4v) is 4.78. The first-order valence-electron chi connectivity index (χ1n) is 5.49. The summed E-state index contributed by atoms with van der Waals surface area (Å²) in [6.45, 7) is 0. The third-order valence-corrected chi connectivity index (χ3v) is 5.59. The van der Waals surface area contributed by atoms with E-state index in [9.17, 15) is 4.39 Å². The lowest BCUT2D eigenvalue weighted by molar-refractivity contribution is 0.629. The van der Waals surface area contributed by atoms with E-state index in [1.165, 1.54) is 15.0 Å². The van der Waals surface area contributed by atoms with Crippen LogP contribution in [0.15, 0.2) is 30.3 Å². The van der Waals surface area contributed by atoms with Gasteiger partial charge in [-0.15, -0.1) is 11.3 Å². The van der Waals surface area contributed by atoms with Crippen molar-refractivity contribution in [1.29, 1.82) is 0 Å². The number of thiophene rings is 1. The number of hydrogen-bond donors (Lipinski definition) is 0. The Morgan fingerprint density at radius 3 is 2.39 bits per heavy atom. The van der Waals surface area contributed by atoms with E-state index in [1.54, 1.807) is 23.5 Å². The zero-order valence-electron chi connectivity index (χ0n) is 9.34. The van der Waals surface area contributed by atoms with E-state index in [0.717, 1.165) is 21.7 Å². The van der Waals surface area contributed by atoms with Crippen molar-refractivity contribution in [2.45, 2.75) is 10.7 Å². The molecule has 0 atom stereocenters. The molecule has 0 amide bonds. The summed E-state index contributed by atoms with van der Waals surface area (Å²) < 4.78 is 16.1. The molecule has 3 aromatic rings. The van der Waals surface area contributed by atoms with Crippen molar-refractivity contribution in [3.8, 4) is 0 Å². The van der Waals surface area contributed by atoms with Gasteiger partial charge in [-0.3, -0.25) is 0 Å². The molecule has 0 saturated carbocycles. The summed E-state index contributed by atoms with van der Waals surface area (Å²) in [5.74, 6) is -0.166. The van der Waals surface area contributed by atoms with Gasteiger partial charge in [0.05, 0.1) is 0 Å². The first kappa shape index (κ1) is 12.6. The van der Waals surface area contributed by atoms with Gasteiger partial charge in [0.25, 0.3) is 0 Å². The molecule has 1 heterocycles. The van der Waals surface area contributed by atoms with Crippen LogP contribution in [-0.4, -0.2) is 0 Å². The van der Waals surface area contributed by atoms with Crippen LogP contribution in [0.2, 0.25) is 0 Å². The van der Waals surface area contributed by atoms with E-state index < -0.39 is 0 Å². The molecule has 0 fully saturated rings. The van der Waals surface area contributed by atoms with Gasteiger partial charge in [0.2, 0.25) is 0 Å². The number of fused-ring (bicyclic) bond motifs is 3. The minimum absolute atomic E-state index is 0.166. The number of halogens is 3. The lowest BCUT2D eigenvalue weighted by Crippen LogP contribution is -1.81. The lowest BCUT2D eigenvalue weighted by Gasteiger charge is -1.99. The molecular weight excluding hydrogens is 379 g/mol. The Kier molecular flexibility index (Phi) is 3.43. The first-order chi connectivity index (χ1) is 8.74. The van der Waals surface area contributed by atoms with E-state index in [2.05, 4.69) is 44.0 Å². The summed E-state index contributed by atoms with van der Waals surface area (Å²) in [6.07, 6.45) is 0. The normalized spacial score (nSPS) is 11.5. The summed E-state index contributed by atoms with van der Waals surface area (Å²) in [4.78, 5) is 0. The van der Waals surface area contributed by atoms with Crippen molar-refractivity contribution in [2.75, 3.05) is 0 Å².